The predicted molar refractivity (Wildman–Crippen MR) is 75.2 cm³/mol. The molecule has 0 amide bonds. The fraction of sp³-hybridized carbons (Fsp3) is 0.0769. The molecule has 0 spiro atoms. The van der Waals surface area contributed by atoms with Gasteiger partial charge in [-0.25, -0.2) is 4.39 Å². The number of halogens is 1. The molecule has 0 aliphatic rings. The van der Waals surface area contributed by atoms with E-state index in [9.17, 15) is 9.50 Å². The minimum Gasteiger partial charge on any atom is -0.506 e. The summed E-state index contributed by atoms with van der Waals surface area (Å²) in [6, 6.07) is 7.80. The Morgan fingerprint density at radius 1 is 1.25 bits per heavy atom. The second-order valence-electron chi connectivity index (χ2n) is 3.89. The van der Waals surface area contributed by atoms with Crippen molar-refractivity contribution in [2.75, 3.05) is 0 Å². The Balaban J connectivity index is 1.69. The zero-order valence-corrected chi connectivity index (χ0v) is 11.7. The van der Waals surface area contributed by atoms with E-state index < -0.39 is 0 Å². The summed E-state index contributed by atoms with van der Waals surface area (Å²) in [5.74, 6) is 1.23. The van der Waals surface area contributed by atoms with Crippen molar-refractivity contribution < 1.29 is 14.0 Å². The van der Waals surface area contributed by atoms with Crippen LogP contribution >= 0.6 is 23.1 Å². The number of hydrogen-bond acceptors (Lipinski definition) is 6. The molecule has 0 radical (unpaired) electrons. The van der Waals surface area contributed by atoms with E-state index in [1.54, 1.807) is 23.6 Å². The van der Waals surface area contributed by atoms with Crippen molar-refractivity contribution in [1.82, 2.24) is 10.1 Å². The number of hydrogen-bond donors (Lipinski definition) is 1. The van der Waals surface area contributed by atoms with Crippen LogP contribution in [0.3, 0.4) is 0 Å². The van der Waals surface area contributed by atoms with E-state index in [0.29, 0.717) is 22.3 Å². The Bertz CT molecular complexity index is 709. The van der Waals surface area contributed by atoms with Crippen LogP contribution in [-0.4, -0.2) is 15.2 Å². The van der Waals surface area contributed by atoms with E-state index >= 15 is 0 Å². The smallest absolute Gasteiger partial charge is 0.271 e. The van der Waals surface area contributed by atoms with E-state index in [-0.39, 0.29) is 11.6 Å². The van der Waals surface area contributed by atoms with E-state index in [0.717, 1.165) is 4.90 Å². The highest BCUT2D eigenvalue weighted by Gasteiger charge is 2.14. The fourth-order valence-electron chi connectivity index (χ4n) is 1.55. The molecule has 1 N–H and O–H groups in total. The Labute approximate surface area is 122 Å². The average Bonchev–Trinajstić information content (AvgIpc) is 3.06. The van der Waals surface area contributed by atoms with Gasteiger partial charge in [0.05, 0.1) is 5.75 Å². The first-order valence-corrected chi connectivity index (χ1v) is 7.56. The van der Waals surface area contributed by atoms with Gasteiger partial charge in [0.2, 0.25) is 0 Å². The largest absolute Gasteiger partial charge is 0.506 e. The number of rotatable bonds is 4. The van der Waals surface area contributed by atoms with Crippen LogP contribution in [0.1, 0.15) is 5.82 Å². The zero-order valence-electron chi connectivity index (χ0n) is 10.1. The quantitative estimate of drug-likeness (QED) is 0.740. The summed E-state index contributed by atoms with van der Waals surface area (Å²) >= 11 is 2.82. The monoisotopic (exact) mass is 308 g/mol. The minimum absolute atomic E-state index is 0.136. The molecule has 4 nitrogen and oxygen atoms in total. The van der Waals surface area contributed by atoms with Gasteiger partial charge in [0.15, 0.2) is 5.82 Å². The van der Waals surface area contributed by atoms with Gasteiger partial charge in [-0.2, -0.15) is 4.98 Å². The third kappa shape index (κ3) is 2.83. The Morgan fingerprint density at radius 3 is 2.75 bits per heavy atom. The molecule has 102 valence electrons. The van der Waals surface area contributed by atoms with Crippen LogP contribution in [-0.2, 0) is 5.75 Å². The van der Waals surface area contributed by atoms with Gasteiger partial charge in [-0.05, 0) is 35.7 Å². The summed E-state index contributed by atoms with van der Waals surface area (Å²) in [4.78, 5) is 5.72. The molecule has 0 fully saturated rings. The topological polar surface area (TPSA) is 59.2 Å². The van der Waals surface area contributed by atoms with Gasteiger partial charge in [0.25, 0.3) is 5.89 Å². The molecule has 2 heterocycles. The van der Waals surface area contributed by atoms with Gasteiger partial charge in [0.1, 0.15) is 16.4 Å². The summed E-state index contributed by atoms with van der Waals surface area (Å²) in [6.45, 7) is 0. The van der Waals surface area contributed by atoms with Gasteiger partial charge >= 0.3 is 0 Å². The van der Waals surface area contributed by atoms with Gasteiger partial charge in [-0.15, -0.1) is 23.1 Å². The maximum absolute atomic E-state index is 12.8. The van der Waals surface area contributed by atoms with Crippen molar-refractivity contribution in [2.24, 2.45) is 0 Å². The standard InChI is InChI=1S/C13H9FN2O2S2/c14-8-1-3-9(4-2-8)20-7-11-15-13(18-16-11)12-10(17)5-6-19-12/h1-6,17H,7H2. The molecule has 0 saturated carbocycles. The number of aromatic hydroxyl groups is 1. The van der Waals surface area contributed by atoms with Crippen molar-refractivity contribution in [3.05, 3.63) is 47.4 Å². The normalized spacial score (nSPS) is 10.8. The second kappa shape index (κ2) is 5.64. The predicted octanol–water partition coefficient (Wildman–Crippen LogP) is 3.94. The first-order chi connectivity index (χ1) is 9.72. The minimum atomic E-state index is -0.260. The summed E-state index contributed by atoms with van der Waals surface area (Å²) < 4.78 is 17.9. The first kappa shape index (κ1) is 13.1. The van der Waals surface area contributed by atoms with Gasteiger partial charge in [-0.3, -0.25) is 0 Å². The molecule has 20 heavy (non-hydrogen) atoms. The maximum Gasteiger partial charge on any atom is 0.271 e. The van der Waals surface area contributed by atoms with E-state index in [4.69, 9.17) is 4.52 Å². The number of benzene rings is 1. The van der Waals surface area contributed by atoms with Gasteiger partial charge < -0.3 is 9.63 Å². The first-order valence-electron chi connectivity index (χ1n) is 5.70. The summed E-state index contributed by atoms with van der Waals surface area (Å²) in [7, 11) is 0. The molecule has 0 bridgehead atoms. The summed E-state index contributed by atoms with van der Waals surface area (Å²) in [5.41, 5.74) is 0. The van der Waals surface area contributed by atoms with Crippen molar-refractivity contribution in [3.8, 4) is 16.5 Å². The second-order valence-corrected chi connectivity index (χ2v) is 5.86. The molecule has 7 heteroatoms. The van der Waals surface area contributed by atoms with Crippen LogP contribution in [0.15, 0.2) is 45.1 Å². The number of thioether (sulfide) groups is 1. The molecule has 0 aliphatic heterocycles. The summed E-state index contributed by atoms with van der Waals surface area (Å²) in [5, 5.41) is 15.2. The van der Waals surface area contributed by atoms with E-state index in [1.165, 1.54) is 35.2 Å². The lowest BCUT2D eigenvalue weighted by molar-refractivity contribution is 0.421. The molecule has 3 aromatic rings. The Morgan fingerprint density at radius 2 is 2.05 bits per heavy atom. The van der Waals surface area contributed by atoms with Crippen molar-refractivity contribution in [2.45, 2.75) is 10.6 Å². The van der Waals surface area contributed by atoms with Crippen LogP contribution in [0.4, 0.5) is 4.39 Å². The average molecular weight is 308 g/mol. The van der Waals surface area contributed by atoms with E-state index in [2.05, 4.69) is 10.1 Å². The van der Waals surface area contributed by atoms with E-state index in [1.807, 2.05) is 0 Å². The molecule has 2 aromatic heterocycles. The molecular weight excluding hydrogens is 299 g/mol. The lowest BCUT2D eigenvalue weighted by Gasteiger charge is -1.97. The zero-order chi connectivity index (χ0) is 13.9. The van der Waals surface area contributed by atoms with Crippen molar-refractivity contribution in [1.29, 1.82) is 0 Å². The highest BCUT2D eigenvalue weighted by Crippen LogP contribution is 2.33. The van der Waals surface area contributed by atoms with Crippen LogP contribution in [0.2, 0.25) is 0 Å². The highest BCUT2D eigenvalue weighted by atomic mass is 32.2. The van der Waals surface area contributed by atoms with Crippen LogP contribution in [0, 0.1) is 5.82 Å². The Kier molecular flexibility index (Phi) is 3.70. The third-order valence-corrected chi connectivity index (χ3v) is 4.39. The van der Waals surface area contributed by atoms with Crippen LogP contribution < -0.4 is 0 Å². The molecule has 1 aromatic carbocycles. The lowest BCUT2D eigenvalue weighted by Crippen LogP contribution is -1.84. The SMILES string of the molecule is Oc1ccsc1-c1nc(CSc2ccc(F)cc2)no1. The fourth-order valence-corrected chi connectivity index (χ4v) is 2.99. The van der Waals surface area contributed by atoms with Crippen LogP contribution in [0.25, 0.3) is 10.8 Å². The summed E-state index contributed by atoms with van der Waals surface area (Å²) in [6.07, 6.45) is 0. The number of nitrogens with zero attached hydrogens (tertiary/aromatic N) is 2. The van der Waals surface area contributed by atoms with Gasteiger partial charge in [-0.1, -0.05) is 5.16 Å². The van der Waals surface area contributed by atoms with Crippen molar-refractivity contribution >= 4 is 23.1 Å². The van der Waals surface area contributed by atoms with Gasteiger partial charge in [0, 0.05) is 4.90 Å². The molecular formula is C13H9FN2O2S2. The molecule has 0 saturated heterocycles. The molecule has 0 unspecified atom stereocenters. The third-order valence-electron chi connectivity index (χ3n) is 2.49. The highest BCUT2D eigenvalue weighted by molar-refractivity contribution is 7.98. The lowest BCUT2D eigenvalue weighted by atomic mass is 10.4. The van der Waals surface area contributed by atoms with Crippen LogP contribution in [0.5, 0.6) is 5.75 Å². The maximum atomic E-state index is 12.8. The molecule has 0 atom stereocenters. The number of aromatic nitrogens is 2. The molecule has 3 rings (SSSR count). The number of thiophene rings is 1. The Hall–Kier alpha value is -1.86. The molecule has 0 aliphatic carbocycles. The van der Waals surface area contributed by atoms with Crippen molar-refractivity contribution in [3.63, 3.8) is 0 Å².